The van der Waals surface area contributed by atoms with E-state index in [1.165, 1.54) is 12.1 Å². The van der Waals surface area contributed by atoms with Crippen LogP contribution >= 0.6 is 0 Å². The fourth-order valence-electron chi connectivity index (χ4n) is 1.85. The summed E-state index contributed by atoms with van der Waals surface area (Å²) >= 11 is 0. The Labute approximate surface area is 112 Å². The predicted molar refractivity (Wildman–Crippen MR) is 73.1 cm³/mol. The largest absolute Gasteiger partial charge is 0.375 e. The first-order chi connectivity index (χ1) is 8.88. The summed E-state index contributed by atoms with van der Waals surface area (Å²) in [5.41, 5.74) is 0.808. The van der Waals surface area contributed by atoms with E-state index in [-0.39, 0.29) is 10.9 Å². The van der Waals surface area contributed by atoms with Gasteiger partial charge in [0.1, 0.15) is 5.82 Å². The number of sulfonamides is 1. The number of nitrogens with zero attached hydrogens (tertiary/aromatic N) is 2. The molecule has 0 fully saturated rings. The fourth-order valence-corrected chi connectivity index (χ4v) is 2.37. The molecule has 2 aromatic rings. The number of anilines is 1. The van der Waals surface area contributed by atoms with Gasteiger partial charge in [0.25, 0.3) is 0 Å². The van der Waals surface area contributed by atoms with E-state index in [1.807, 2.05) is 24.7 Å². The Morgan fingerprint density at radius 1 is 1.32 bits per heavy atom. The third-order valence-corrected chi connectivity index (χ3v) is 3.74. The Kier molecular flexibility index (Phi) is 3.59. The zero-order valence-electron chi connectivity index (χ0n) is 10.7. The van der Waals surface area contributed by atoms with Crippen LogP contribution in [0.1, 0.15) is 18.8 Å². The van der Waals surface area contributed by atoms with Gasteiger partial charge in [0.05, 0.1) is 10.9 Å². The van der Waals surface area contributed by atoms with Crippen molar-refractivity contribution in [2.24, 2.45) is 12.2 Å². The van der Waals surface area contributed by atoms with Crippen LogP contribution in [0.15, 0.2) is 41.6 Å². The molecule has 1 heterocycles. The molecule has 0 saturated carbocycles. The lowest BCUT2D eigenvalue weighted by molar-refractivity contribution is 0.598. The maximum Gasteiger partial charge on any atom is 0.238 e. The van der Waals surface area contributed by atoms with E-state index in [9.17, 15) is 8.42 Å². The molecular weight excluding hydrogens is 264 g/mol. The van der Waals surface area contributed by atoms with Gasteiger partial charge >= 0.3 is 0 Å². The summed E-state index contributed by atoms with van der Waals surface area (Å²) in [5.74, 6) is 0.899. The molecule has 0 spiro atoms. The second kappa shape index (κ2) is 5.02. The quantitative estimate of drug-likeness (QED) is 0.881. The fraction of sp³-hybridized carbons (Fsp3) is 0.250. The molecule has 0 aliphatic rings. The van der Waals surface area contributed by atoms with E-state index in [0.717, 1.165) is 11.5 Å². The van der Waals surface area contributed by atoms with Gasteiger partial charge in [-0.05, 0) is 31.2 Å². The monoisotopic (exact) mass is 280 g/mol. The van der Waals surface area contributed by atoms with E-state index in [2.05, 4.69) is 10.3 Å². The van der Waals surface area contributed by atoms with Crippen LogP contribution in [0, 0.1) is 0 Å². The lowest BCUT2D eigenvalue weighted by Gasteiger charge is -2.15. The summed E-state index contributed by atoms with van der Waals surface area (Å²) in [4.78, 5) is 4.35. The maximum atomic E-state index is 11.1. The third kappa shape index (κ3) is 3.12. The molecule has 1 aromatic carbocycles. The number of rotatable bonds is 4. The second-order valence-electron chi connectivity index (χ2n) is 4.33. The molecule has 2 rings (SSSR count). The highest BCUT2D eigenvalue weighted by Gasteiger charge is 2.11. The van der Waals surface area contributed by atoms with Crippen LogP contribution in [-0.4, -0.2) is 18.0 Å². The van der Waals surface area contributed by atoms with Gasteiger partial charge < -0.3 is 9.88 Å². The van der Waals surface area contributed by atoms with Crippen molar-refractivity contribution in [3.63, 3.8) is 0 Å². The molecule has 0 aliphatic heterocycles. The molecule has 0 amide bonds. The Morgan fingerprint density at radius 2 is 1.95 bits per heavy atom. The van der Waals surface area contributed by atoms with Crippen molar-refractivity contribution in [3.8, 4) is 0 Å². The van der Waals surface area contributed by atoms with Crippen LogP contribution in [0.25, 0.3) is 0 Å². The molecule has 1 unspecified atom stereocenters. The van der Waals surface area contributed by atoms with Crippen molar-refractivity contribution in [2.45, 2.75) is 17.9 Å². The first kappa shape index (κ1) is 13.6. The van der Waals surface area contributed by atoms with Crippen LogP contribution in [0.2, 0.25) is 0 Å². The van der Waals surface area contributed by atoms with Gasteiger partial charge in [-0.3, -0.25) is 0 Å². The molecule has 0 radical (unpaired) electrons. The number of benzene rings is 1. The summed E-state index contributed by atoms with van der Waals surface area (Å²) in [5, 5.41) is 8.29. The standard InChI is InChI=1S/C12H16N4O2S/c1-9(12-14-7-8-16(12)2)15-10-3-5-11(6-4-10)19(13,17)18/h3-9,15H,1-2H3,(H2,13,17,18). The molecule has 0 aliphatic carbocycles. The van der Waals surface area contributed by atoms with Gasteiger partial charge in [0, 0.05) is 25.1 Å². The number of aryl methyl sites for hydroxylation is 1. The van der Waals surface area contributed by atoms with E-state index in [1.54, 1.807) is 18.3 Å². The van der Waals surface area contributed by atoms with Gasteiger partial charge in [-0.1, -0.05) is 0 Å². The summed E-state index contributed by atoms with van der Waals surface area (Å²) < 4.78 is 24.2. The number of hydrogen-bond donors (Lipinski definition) is 2. The van der Waals surface area contributed by atoms with Crippen LogP contribution in [-0.2, 0) is 17.1 Å². The number of primary sulfonamides is 1. The number of imidazole rings is 1. The second-order valence-corrected chi connectivity index (χ2v) is 5.89. The minimum absolute atomic E-state index is 0.0142. The Bertz CT molecular complexity index is 661. The molecule has 0 saturated heterocycles. The Hall–Kier alpha value is -1.86. The van der Waals surface area contributed by atoms with Crippen LogP contribution in [0.3, 0.4) is 0 Å². The maximum absolute atomic E-state index is 11.1. The minimum atomic E-state index is -3.64. The van der Waals surface area contributed by atoms with Gasteiger partial charge in [-0.2, -0.15) is 0 Å². The van der Waals surface area contributed by atoms with Gasteiger partial charge in [0.15, 0.2) is 0 Å². The zero-order chi connectivity index (χ0) is 14.0. The molecule has 102 valence electrons. The highest BCUT2D eigenvalue weighted by molar-refractivity contribution is 7.89. The highest BCUT2D eigenvalue weighted by Crippen LogP contribution is 2.19. The molecular formula is C12H16N4O2S. The van der Waals surface area contributed by atoms with Gasteiger partial charge in [-0.25, -0.2) is 18.5 Å². The molecule has 19 heavy (non-hydrogen) atoms. The number of hydrogen-bond acceptors (Lipinski definition) is 4. The third-order valence-electron chi connectivity index (χ3n) is 2.81. The number of aromatic nitrogens is 2. The Morgan fingerprint density at radius 3 is 2.42 bits per heavy atom. The van der Waals surface area contributed by atoms with Gasteiger partial charge in [0.2, 0.25) is 10.0 Å². The van der Waals surface area contributed by atoms with Crippen molar-refractivity contribution in [1.29, 1.82) is 0 Å². The molecule has 7 heteroatoms. The number of nitrogens with two attached hydrogens (primary N) is 1. The summed E-state index contributed by atoms with van der Waals surface area (Å²) in [6.45, 7) is 1.98. The summed E-state index contributed by atoms with van der Waals surface area (Å²) in [6.07, 6.45) is 3.61. The molecule has 3 N–H and O–H groups in total. The van der Waals surface area contributed by atoms with Crippen LogP contribution < -0.4 is 10.5 Å². The minimum Gasteiger partial charge on any atom is -0.375 e. The first-order valence-corrected chi connectivity index (χ1v) is 7.29. The van der Waals surface area contributed by atoms with Crippen molar-refractivity contribution in [3.05, 3.63) is 42.5 Å². The average Bonchev–Trinajstić information content (AvgIpc) is 2.75. The predicted octanol–water partition coefficient (Wildman–Crippen LogP) is 1.24. The summed E-state index contributed by atoms with van der Waals surface area (Å²) in [7, 11) is -1.72. The molecule has 1 aromatic heterocycles. The van der Waals surface area contributed by atoms with Crippen LogP contribution in [0.4, 0.5) is 5.69 Å². The zero-order valence-corrected chi connectivity index (χ0v) is 11.6. The van der Waals surface area contributed by atoms with E-state index < -0.39 is 10.0 Å². The topological polar surface area (TPSA) is 90.0 Å². The van der Waals surface area contributed by atoms with Crippen molar-refractivity contribution < 1.29 is 8.42 Å². The smallest absolute Gasteiger partial charge is 0.238 e. The van der Waals surface area contributed by atoms with Crippen molar-refractivity contribution >= 4 is 15.7 Å². The number of nitrogens with one attached hydrogen (secondary N) is 1. The van der Waals surface area contributed by atoms with Crippen molar-refractivity contribution in [2.75, 3.05) is 5.32 Å². The Balaban J connectivity index is 2.14. The highest BCUT2D eigenvalue weighted by atomic mass is 32.2. The molecule has 1 atom stereocenters. The molecule has 0 bridgehead atoms. The van der Waals surface area contributed by atoms with E-state index in [4.69, 9.17) is 5.14 Å². The first-order valence-electron chi connectivity index (χ1n) is 5.74. The van der Waals surface area contributed by atoms with E-state index in [0.29, 0.717) is 0 Å². The molecule has 6 nitrogen and oxygen atoms in total. The lowest BCUT2D eigenvalue weighted by atomic mass is 10.2. The van der Waals surface area contributed by atoms with Gasteiger partial charge in [-0.15, -0.1) is 0 Å². The van der Waals surface area contributed by atoms with E-state index >= 15 is 0 Å². The lowest BCUT2D eigenvalue weighted by Crippen LogP contribution is -2.13. The van der Waals surface area contributed by atoms with Crippen LogP contribution in [0.5, 0.6) is 0 Å². The normalized spacial score (nSPS) is 13.2. The summed E-state index contributed by atoms with van der Waals surface area (Å²) in [6, 6.07) is 6.32. The van der Waals surface area contributed by atoms with Crippen molar-refractivity contribution in [1.82, 2.24) is 9.55 Å². The average molecular weight is 280 g/mol. The SMILES string of the molecule is CC(Nc1ccc(S(N)(=O)=O)cc1)c1nccn1C.